The molecule has 21 heavy (non-hydrogen) atoms. The van der Waals surface area contributed by atoms with Crippen molar-refractivity contribution in [2.45, 2.75) is 25.8 Å². The standard InChI is InChI=1S/C12H16N4O5/c17-11(7-15-5-4-10(14-15)16(20)21)13-6-8-2-1-3-9(8)12(18)19/h4-5,8-9H,1-3,6-7H2,(H,13,17)(H,18,19). The predicted molar refractivity (Wildman–Crippen MR) is 70.4 cm³/mol. The first-order valence-corrected chi connectivity index (χ1v) is 6.64. The van der Waals surface area contributed by atoms with Crippen molar-refractivity contribution in [2.24, 2.45) is 11.8 Å². The summed E-state index contributed by atoms with van der Waals surface area (Å²) >= 11 is 0. The average molecular weight is 296 g/mol. The van der Waals surface area contributed by atoms with E-state index in [1.165, 1.54) is 16.9 Å². The molecule has 2 atom stereocenters. The van der Waals surface area contributed by atoms with Crippen molar-refractivity contribution in [1.29, 1.82) is 0 Å². The van der Waals surface area contributed by atoms with E-state index in [4.69, 9.17) is 5.11 Å². The van der Waals surface area contributed by atoms with Gasteiger partial charge >= 0.3 is 11.8 Å². The summed E-state index contributed by atoms with van der Waals surface area (Å²) in [5, 5.41) is 25.8. The van der Waals surface area contributed by atoms with E-state index in [9.17, 15) is 19.7 Å². The van der Waals surface area contributed by atoms with Gasteiger partial charge < -0.3 is 20.5 Å². The Balaban J connectivity index is 1.81. The number of carbonyl (C=O) groups is 2. The van der Waals surface area contributed by atoms with E-state index in [1.54, 1.807) is 0 Å². The van der Waals surface area contributed by atoms with Gasteiger partial charge in [0.2, 0.25) is 5.91 Å². The van der Waals surface area contributed by atoms with Gasteiger partial charge in [-0.15, -0.1) is 0 Å². The second-order valence-corrected chi connectivity index (χ2v) is 5.07. The van der Waals surface area contributed by atoms with Gasteiger partial charge in [-0.05, 0) is 23.7 Å². The second kappa shape index (κ2) is 6.33. The summed E-state index contributed by atoms with van der Waals surface area (Å²) < 4.78 is 1.18. The molecule has 0 aromatic carbocycles. The maximum Gasteiger partial charge on any atom is 0.389 e. The lowest BCUT2D eigenvalue weighted by Crippen LogP contribution is -2.35. The molecule has 0 saturated heterocycles. The number of rotatable bonds is 6. The molecule has 9 nitrogen and oxygen atoms in total. The van der Waals surface area contributed by atoms with E-state index in [2.05, 4.69) is 10.4 Å². The van der Waals surface area contributed by atoms with Crippen LogP contribution in [0.5, 0.6) is 0 Å². The minimum atomic E-state index is -0.825. The zero-order valence-electron chi connectivity index (χ0n) is 11.3. The normalized spacial score (nSPS) is 21.1. The Morgan fingerprint density at radius 3 is 2.90 bits per heavy atom. The third-order valence-electron chi connectivity index (χ3n) is 3.66. The number of hydrogen-bond donors (Lipinski definition) is 2. The molecule has 1 aliphatic rings. The fourth-order valence-corrected chi connectivity index (χ4v) is 2.59. The summed E-state index contributed by atoms with van der Waals surface area (Å²) in [6.07, 6.45) is 3.63. The molecule has 1 fully saturated rings. The Hall–Kier alpha value is -2.45. The lowest BCUT2D eigenvalue weighted by molar-refractivity contribution is -0.389. The molecule has 2 rings (SSSR count). The van der Waals surface area contributed by atoms with E-state index in [1.807, 2.05) is 0 Å². The van der Waals surface area contributed by atoms with Crippen molar-refractivity contribution in [2.75, 3.05) is 6.54 Å². The molecule has 0 bridgehead atoms. The van der Waals surface area contributed by atoms with Crippen LogP contribution < -0.4 is 5.32 Å². The number of aliphatic carboxylic acids is 1. The number of hydrogen-bond acceptors (Lipinski definition) is 5. The highest BCUT2D eigenvalue weighted by atomic mass is 16.6. The van der Waals surface area contributed by atoms with Gasteiger partial charge in [0, 0.05) is 6.54 Å². The number of carboxylic acid groups (broad SMARTS) is 1. The van der Waals surface area contributed by atoms with Crippen molar-refractivity contribution in [3.63, 3.8) is 0 Å². The maximum atomic E-state index is 11.7. The summed E-state index contributed by atoms with van der Waals surface area (Å²) in [5.41, 5.74) is 0. The van der Waals surface area contributed by atoms with E-state index in [-0.39, 0.29) is 24.2 Å². The molecule has 0 aliphatic heterocycles. The maximum absolute atomic E-state index is 11.7. The summed E-state index contributed by atoms with van der Waals surface area (Å²) in [4.78, 5) is 32.6. The first-order chi connectivity index (χ1) is 9.97. The van der Waals surface area contributed by atoms with Crippen LogP contribution in [0.1, 0.15) is 19.3 Å². The van der Waals surface area contributed by atoms with Crippen LogP contribution in [0.4, 0.5) is 5.82 Å². The van der Waals surface area contributed by atoms with E-state index >= 15 is 0 Å². The van der Waals surface area contributed by atoms with Crippen LogP contribution in [0.3, 0.4) is 0 Å². The molecule has 1 amide bonds. The van der Waals surface area contributed by atoms with E-state index in [0.717, 1.165) is 12.8 Å². The van der Waals surface area contributed by atoms with Gasteiger partial charge in [-0.25, -0.2) is 0 Å². The molecule has 1 saturated carbocycles. The molecule has 2 unspecified atom stereocenters. The SMILES string of the molecule is O=C(Cn1ccc([N+](=O)[O-])n1)NCC1CCCC1C(=O)O. The summed E-state index contributed by atoms with van der Waals surface area (Å²) in [7, 11) is 0. The third-order valence-corrected chi connectivity index (χ3v) is 3.66. The molecule has 2 N–H and O–H groups in total. The van der Waals surface area contributed by atoms with Gasteiger partial charge in [-0.2, -0.15) is 4.68 Å². The Morgan fingerprint density at radius 2 is 2.29 bits per heavy atom. The number of carbonyl (C=O) groups excluding carboxylic acids is 1. The molecular formula is C12H16N4O5. The second-order valence-electron chi connectivity index (χ2n) is 5.07. The van der Waals surface area contributed by atoms with Gasteiger partial charge in [-0.1, -0.05) is 6.42 Å². The van der Waals surface area contributed by atoms with Crippen LogP contribution >= 0.6 is 0 Å². The van der Waals surface area contributed by atoms with E-state index in [0.29, 0.717) is 13.0 Å². The Bertz CT molecular complexity index is 556. The molecule has 1 heterocycles. The minimum Gasteiger partial charge on any atom is -0.481 e. The number of aromatic nitrogens is 2. The molecule has 0 radical (unpaired) electrons. The van der Waals surface area contributed by atoms with Crippen LogP contribution in [0.2, 0.25) is 0 Å². The highest BCUT2D eigenvalue weighted by molar-refractivity contribution is 5.76. The molecule has 1 aromatic rings. The highest BCUT2D eigenvalue weighted by Crippen LogP contribution is 2.31. The number of nitro groups is 1. The molecule has 1 aromatic heterocycles. The first-order valence-electron chi connectivity index (χ1n) is 6.64. The van der Waals surface area contributed by atoms with Crippen LogP contribution in [0, 0.1) is 22.0 Å². The smallest absolute Gasteiger partial charge is 0.389 e. The monoisotopic (exact) mass is 296 g/mol. The summed E-state index contributed by atoms with van der Waals surface area (Å²) in [5.74, 6) is -1.95. The Labute approximate surface area is 120 Å². The van der Waals surface area contributed by atoms with Gasteiger partial charge in [0.1, 0.15) is 6.54 Å². The number of carboxylic acids is 1. The van der Waals surface area contributed by atoms with Crippen LogP contribution in [0.15, 0.2) is 12.3 Å². The quantitative estimate of drug-likeness (QED) is 0.578. The fourth-order valence-electron chi connectivity index (χ4n) is 2.59. The van der Waals surface area contributed by atoms with Crippen molar-refractivity contribution in [3.05, 3.63) is 22.4 Å². The number of amides is 1. The zero-order valence-corrected chi connectivity index (χ0v) is 11.3. The van der Waals surface area contributed by atoms with Gasteiger partial charge in [0.15, 0.2) is 0 Å². The Kier molecular flexibility index (Phi) is 4.51. The molecule has 9 heteroatoms. The average Bonchev–Trinajstić information content (AvgIpc) is 3.04. The zero-order chi connectivity index (χ0) is 15.4. The van der Waals surface area contributed by atoms with Gasteiger partial charge in [0.05, 0.1) is 23.3 Å². The number of nitrogens with one attached hydrogen (secondary N) is 1. The van der Waals surface area contributed by atoms with E-state index < -0.39 is 16.8 Å². The first kappa shape index (κ1) is 14.9. The topological polar surface area (TPSA) is 127 Å². The van der Waals surface area contributed by atoms with Crippen LogP contribution in [0.25, 0.3) is 0 Å². The largest absolute Gasteiger partial charge is 0.481 e. The van der Waals surface area contributed by atoms with Gasteiger partial charge in [0.25, 0.3) is 0 Å². The predicted octanol–water partition coefficient (Wildman–Crippen LogP) is 0.408. The highest BCUT2D eigenvalue weighted by Gasteiger charge is 2.32. The lowest BCUT2D eigenvalue weighted by atomic mass is 9.96. The van der Waals surface area contributed by atoms with Gasteiger partial charge in [-0.3, -0.25) is 9.59 Å². The fraction of sp³-hybridized carbons (Fsp3) is 0.583. The summed E-state index contributed by atoms with van der Waals surface area (Å²) in [6.45, 7) is 0.178. The Morgan fingerprint density at radius 1 is 1.52 bits per heavy atom. The third kappa shape index (κ3) is 3.77. The van der Waals surface area contributed by atoms with Crippen molar-refractivity contribution in [3.8, 4) is 0 Å². The summed E-state index contributed by atoms with van der Waals surface area (Å²) in [6, 6.07) is 1.21. The van der Waals surface area contributed by atoms with Crippen molar-refractivity contribution >= 4 is 17.7 Å². The molecule has 1 aliphatic carbocycles. The minimum absolute atomic E-state index is 0.0570. The lowest BCUT2D eigenvalue weighted by Gasteiger charge is -2.15. The van der Waals surface area contributed by atoms with Crippen molar-refractivity contribution < 1.29 is 19.6 Å². The number of nitrogens with zero attached hydrogens (tertiary/aromatic N) is 3. The van der Waals surface area contributed by atoms with Crippen LogP contribution in [-0.2, 0) is 16.1 Å². The van der Waals surface area contributed by atoms with Crippen LogP contribution in [-0.4, -0.2) is 38.2 Å². The molecular weight excluding hydrogens is 280 g/mol. The molecule has 0 spiro atoms. The van der Waals surface area contributed by atoms with Crippen molar-refractivity contribution in [1.82, 2.24) is 15.1 Å². The molecule has 114 valence electrons.